The average molecular weight is 215 g/mol. The summed E-state index contributed by atoms with van der Waals surface area (Å²) in [6, 6.07) is 0. The minimum Gasteiger partial charge on any atom is -0.481 e. The van der Waals surface area contributed by atoms with E-state index in [1.807, 2.05) is 6.92 Å². The lowest BCUT2D eigenvalue weighted by molar-refractivity contribution is -0.140. The van der Waals surface area contributed by atoms with Gasteiger partial charge in [0.25, 0.3) is 0 Å². The van der Waals surface area contributed by atoms with E-state index >= 15 is 0 Å². The topological polar surface area (TPSA) is 86.6 Å². The standard InChI is InChI=1S/C10H17NO4/c1-2-3-6(12)5-11-9(13)7-4-8(7)10(14)15/h6-8,12H,2-5H2,1H3,(H,11,13)(H,14,15)/t6?,7-,8+/m1/s1. The van der Waals surface area contributed by atoms with Crippen LogP contribution in [0.2, 0.25) is 0 Å². The molecule has 1 fully saturated rings. The third kappa shape index (κ3) is 3.51. The number of amides is 1. The van der Waals surface area contributed by atoms with Crippen LogP contribution in [0.15, 0.2) is 0 Å². The van der Waals surface area contributed by atoms with Crippen molar-refractivity contribution in [1.82, 2.24) is 5.32 Å². The molecular formula is C10H17NO4. The summed E-state index contributed by atoms with van der Waals surface area (Å²) in [4.78, 5) is 21.8. The van der Waals surface area contributed by atoms with Gasteiger partial charge in [0.05, 0.1) is 17.9 Å². The van der Waals surface area contributed by atoms with Crippen molar-refractivity contribution in [2.24, 2.45) is 11.8 Å². The summed E-state index contributed by atoms with van der Waals surface area (Å²) in [6.45, 7) is 2.17. The fourth-order valence-electron chi connectivity index (χ4n) is 1.54. The van der Waals surface area contributed by atoms with E-state index in [-0.39, 0.29) is 12.5 Å². The first-order valence-electron chi connectivity index (χ1n) is 5.24. The SMILES string of the molecule is CCCC(O)CNC(=O)[C@@H]1C[C@@H]1C(=O)O. The lowest BCUT2D eigenvalue weighted by Gasteiger charge is -2.10. The van der Waals surface area contributed by atoms with Crippen molar-refractivity contribution in [2.75, 3.05) is 6.54 Å². The van der Waals surface area contributed by atoms with Crippen LogP contribution in [0.5, 0.6) is 0 Å². The van der Waals surface area contributed by atoms with Crippen LogP contribution in [0.25, 0.3) is 0 Å². The normalized spacial score (nSPS) is 25.7. The predicted octanol–water partition coefficient (Wildman–Crippen LogP) is -0.0157. The van der Waals surface area contributed by atoms with Crippen LogP contribution in [-0.4, -0.2) is 34.7 Å². The van der Waals surface area contributed by atoms with Crippen LogP contribution in [0.1, 0.15) is 26.2 Å². The van der Waals surface area contributed by atoms with E-state index in [1.165, 1.54) is 0 Å². The molecular weight excluding hydrogens is 198 g/mol. The van der Waals surface area contributed by atoms with Crippen LogP contribution in [-0.2, 0) is 9.59 Å². The zero-order chi connectivity index (χ0) is 11.4. The zero-order valence-corrected chi connectivity index (χ0v) is 8.77. The van der Waals surface area contributed by atoms with Gasteiger partial charge in [0, 0.05) is 6.54 Å². The highest BCUT2D eigenvalue weighted by Crippen LogP contribution is 2.38. The maximum atomic E-state index is 11.3. The number of aliphatic hydroxyl groups excluding tert-OH is 1. The number of carbonyl (C=O) groups is 2. The van der Waals surface area contributed by atoms with E-state index < -0.39 is 23.9 Å². The molecule has 1 amide bonds. The van der Waals surface area contributed by atoms with Gasteiger partial charge in [-0.15, -0.1) is 0 Å². The summed E-state index contributed by atoms with van der Waals surface area (Å²) >= 11 is 0. The molecule has 0 aliphatic heterocycles. The van der Waals surface area contributed by atoms with Crippen molar-refractivity contribution >= 4 is 11.9 Å². The fraction of sp³-hybridized carbons (Fsp3) is 0.800. The van der Waals surface area contributed by atoms with Gasteiger partial charge in [0.2, 0.25) is 5.91 Å². The second-order valence-corrected chi connectivity index (χ2v) is 3.97. The average Bonchev–Trinajstić information content (AvgIpc) is 2.94. The summed E-state index contributed by atoms with van der Waals surface area (Å²) in [5.41, 5.74) is 0. The van der Waals surface area contributed by atoms with Gasteiger partial charge in [-0.1, -0.05) is 13.3 Å². The van der Waals surface area contributed by atoms with E-state index in [0.717, 1.165) is 6.42 Å². The summed E-state index contributed by atoms with van der Waals surface area (Å²) in [5, 5.41) is 20.5. The molecule has 3 atom stereocenters. The van der Waals surface area contributed by atoms with Gasteiger partial charge in [-0.25, -0.2) is 0 Å². The van der Waals surface area contributed by atoms with Crippen molar-refractivity contribution in [1.29, 1.82) is 0 Å². The lowest BCUT2D eigenvalue weighted by atomic mass is 10.2. The molecule has 1 aliphatic rings. The second kappa shape index (κ2) is 5.11. The number of rotatable bonds is 6. The first-order chi connectivity index (χ1) is 7.06. The molecule has 1 saturated carbocycles. The Balaban J connectivity index is 2.18. The number of aliphatic hydroxyl groups is 1. The molecule has 0 heterocycles. The largest absolute Gasteiger partial charge is 0.481 e. The second-order valence-electron chi connectivity index (χ2n) is 3.97. The molecule has 86 valence electrons. The highest BCUT2D eigenvalue weighted by molar-refractivity contribution is 5.89. The summed E-state index contributed by atoms with van der Waals surface area (Å²) < 4.78 is 0. The van der Waals surface area contributed by atoms with Crippen LogP contribution in [0.3, 0.4) is 0 Å². The monoisotopic (exact) mass is 215 g/mol. The Morgan fingerprint density at radius 1 is 1.47 bits per heavy atom. The van der Waals surface area contributed by atoms with Gasteiger partial charge >= 0.3 is 5.97 Å². The van der Waals surface area contributed by atoms with Crippen LogP contribution >= 0.6 is 0 Å². The van der Waals surface area contributed by atoms with Crippen molar-refractivity contribution in [2.45, 2.75) is 32.3 Å². The number of aliphatic carboxylic acids is 1. The van der Waals surface area contributed by atoms with E-state index in [4.69, 9.17) is 5.11 Å². The number of hydrogen-bond donors (Lipinski definition) is 3. The van der Waals surface area contributed by atoms with Gasteiger partial charge in [-0.2, -0.15) is 0 Å². The lowest BCUT2D eigenvalue weighted by Crippen LogP contribution is -2.33. The van der Waals surface area contributed by atoms with Gasteiger partial charge in [-0.3, -0.25) is 9.59 Å². The molecule has 1 unspecified atom stereocenters. The Bertz CT molecular complexity index is 254. The molecule has 0 radical (unpaired) electrons. The number of carbonyl (C=O) groups excluding carboxylic acids is 1. The van der Waals surface area contributed by atoms with Crippen molar-refractivity contribution in [3.05, 3.63) is 0 Å². The number of nitrogens with one attached hydrogen (secondary N) is 1. The van der Waals surface area contributed by atoms with E-state index in [1.54, 1.807) is 0 Å². The van der Waals surface area contributed by atoms with Gasteiger partial charge in [-0.05, 0) is 12.8 Å². The molecule has 1 rings (SSSR count). The smallest absolute Gasteiger partial charge is 0.307 e. The molecule has 15 heavy (non-hydrogen) atoms. The molecule has 0 aromatic carbocycles. The van der Waals surface area contributed by atoms with Crippen LogP contribution in [0.4, 0.5) is 0 Å². The predicted molar refractivity (Wildman–Crippen MR) is 53.2 cm³/mol. The third-order valence-corrected chi connectivity index (χ3v) is 2.58. The molecule has 0 aromatic heterocycles. The van der Waals surface area contributed by atoms with Gasteiger partial charge in [0.15, 0.2) is 0 Å². The minimum absolute atomic E-state index is 0.218. The molecule has 0 aromatic rings. The Morgan fingerprint density at radius 2 is 2.13 bits per heavy atom. The van der Waals surface area contributed by atoms with E-state index in [0.29, 0.717) is 12.8 Å². The number of hydrogen-bond acceptors (Lipinski definition) is 3. The molecule has 5 nitrogen and oxygen atoms in total. The first kappa shape index (κ1) is 12.0. The maximum Gasteiger partial charge on any atom is 0.307 e. The molecule has 0 saturated heterocycles. The number of carboxylic acid groups (broad SMARTS) is 1. The highest BCUT2D eigenvalue weighted by atomic mass is 16.4. The van der Waals surface area contributed by atoms with Gasteiger partial charge < -0.3 is 15.5 Å². The summed E-state index contributed by atoms with van der Waals surface area (Å²) in [5.74, 6) is -2.08. The minimum atomic E-state index is -0.913. The van der Waals surface area contributed by atoms with Crippen molar-refractivity contribution in [3.63, 3.8) is 0 Å². The summed E-state index contributed by atoms with van der Waals surface area (Å²) in [6.07, 6.45) is 1.40. The Morgan fingerprint density at radius 3 is 2.60 bits per heavy atom. The van der Waals surface area contributed by atoms with E-state index in [9.17, 15) is 14.7 Å². The Kier molecular flexibility index (Phi) is 4.08. The number of carboxylic acids is 1. The molecule has 3 N–H and O–H groups in total. The first-order valence-corrected chi connectivity index (χ1v) is 5.24. The Labute approximate surface area is 88.5 Å². The van der Waals surface area contributed by atoms with Crippen LogP contribution in [0, 0.1) is 11.8 Å². The molecule has 0 spiro atoms. The molecule has 0 bridgehead atoms. The Hall–Kier alpha value is -1.10. The van der Waals surface area contributed by atoms with E-state index in [2.05, 4.69) is 5.32 Å². The fourth-order valence-corrected chi connectivity index (χ4v) is 1.54. The maximum absolute atomic E-state index is 11.3. The van der Waals surface area contributed by atoms with Crippen molar-refractivity contribution < 1.29 is 19.8 Å². The van der Waals surface area contributed by atoms with Crippen molar-refractivity contribution in [3.8, 4) is 0 Å². The molecule has 5 heteroatoms. The third-order valence-electron chi connectivity index (χ3n) is 2.58. The van der Waals surface area contributed by atoms with Gasteiger partial charge in [0.1, 0.15) is 0 Å². The molecule has 1 aliphatic carbocycles. The zero-order valence-electron chi connectivity index (χ0n) is 8.77. The summed E-state index contributed by atoms with van der Waals surface area (Å²) in [7, 11) is 0. The quantitative estimate of drug-likeness (QED) is 0.581. The highest BCUT2D eigenvalue weighted by Gasteiger charge is 2.48. The van der Waals surface area contributed by atoms with Crippen LogP contribution < -0.4 is 5.32 Å².